The second-order valence-electron chi connectivity index (χ2n) is 7.92. The van der Waals surface area contributed by atoms with Crippen molar-refractivity contribution in [3.05, 3.63) is 30.2 Å². The molecule has 4 rings (SSSR count). The van der Waals surface area contributed by atoms with Crippen LogP contribution in [0.5, 0.6) is 5.88 Å². The molecule has 0 unspecified atom stereocenters. The van der Waals surface area contributed by atoms with Crippen molar-refractivity contribution in [1.29, 1.82) is 0 Å². The number of fused-ring (bicyclic) bond motifs is 1. The largest absolute Gasteiger partial charge is 0.493 e. The number of carbonyl (C=O) groups is 1. The van der Waals surface area contributed by atoms with Crippen molar-refractivity contribution in [3.8, 4) is 5.88 Å². The second-order valence-corrected chi connectivity index (χ2v) is 7.92. The predicted molar refractivity (Wildman–Crippen MR) is 96.5 cm³/mol. The third-order valence-electron chi connectivity index (χ3n) is 4.67. The van der Waals surface area contributed by atoms with E-state index < -0.39 is 5.60 Å². The molecule has 1 aliphatic heterocycles. The first kappa shape index (κ1) is 16.8. The lowest BCUT2D eigenvalue weighted by atomic mass is 10.00. The van der Waals surface area contributed by atoms with E-state index in [1.165, 1.54) is 6.07 Å². The third-order valence-corrected chi connectivity index (χ3v) is 4.67. The standard InChI is InChI=1S/C19H22N4O3/c1-18(2,3)26-17(25)23-9-6-12(10-19(23)7-8-19)16-20-11-14-13(22-16)4-5-15(24)21-14/h4-5,10-11H,6-9H2,1-3H3,(H,21,24). The molecular weight excluding hydrogens is 332 g/mol. The molecule has 7 nitrogen and oxygen atoms in total. The van der Waals surface area contributed by atoms with Crippen molar-refractivity contribution < 1.29 is 14.6 Å². The highest BCUT2D eigenvalue weighted by Crippen LogP contribution is 2.48. The van der Waals surface area contributed by atoms with Crippen LogP contribution in [0.3, 0.4) is 0 Å². The van der Waals surface area contributed by atoms with E-state index in [1.54, 1.807) is 12.3 Å². The van der Waals surface area contributed by atoms with Crippen LogP contribution < -0.4 is 0 Å². The van der Waals surface area contributed by atoms with Gasteiger partial charge in [0.05, 0.1) is 17.3 Å². The molecule has 3 heterocycles. The molecular formula is C19H22N4O3. The highest BCUT2D eigenvalue weighted by Gasteiger charge is 2.51. The number of carbonyl (C=O) groups excluding carboxylic acids is 1. The van der Waals surface area contributed by atoms with E-state index in [2.05, 4.69) is 21.0 Å². The van der Waals surface area contributed by atoms with Crippen LogP contribution in [0.2, 0.25) is 0 Å². The van der Waals surface area contributed by atoms with E-state index in [4.69, 9.17) is 4.74 Å². The van der Waals surface area contributed by atoms with E-state index in [9.17, 15) is 9.90 Å². The van der Waals surface area contributed by atoms with Crippen LogP contribution in [0.1, 0.15) is 45.9 Å². The maximum absolute atomic E-state index is 12.5. The van der Waals surface area contributed by atoms with Crippen molar-refractivity contribution in [2.24, 2.45) is 0 Å². The van der Waals surface area contributed by atoms with Crippen molar-refractivity contribution in [1.82, 2.24) is 19.9 Å². The highest BCUT2D eigenvalue weighted by atomic mass is 16.6. The van der Waals surface area contributed by atoms with Crippen LogP contribution in [0, 0.1) is 0 Å². The lowest BCUT2D eigenvalue weighted by molar-refractivity contribution is 0.0171. The summed E-state index contributed by atoms with van der Waals surface area (Å²) in [6, 6.07) is 3.24. The first-order chi connectivity index (χ1) is 12.3. The van der Waals surface area contributed by atoms with E-state index in [-0.39, 0.29) is 17.5 Å². The molecule has 0 aromatic carbocycles. The molecule has 1 spiro atoms. The highest BCUT2D eigenvalue weighted by molar-refractivity contribution is 5.78. The molecule has 2 aliphatic rings. The molecule has 2 aromatic heterocycles. The monoisotopic (exact) mass is 354 g/mol. The third kappa shape index (κ3) is 3.09. The van der Waals surface area contributed by atoms with E-state index in [0.717, 1.165) is 18.4 Å². The minimum Gasteiger partial charge on any atom is -0.493 e. The number of aromatic nitrogens is 3. The van der Waals surface area contributed by atoms with Gasteiger partial charge in [-0.05, 0) is 51.7 Å². The smallest absolute Gasteiger partial charge is 0.411 e. The summed E-state index contributed by atoms with van der Waals surface area (Å²) in [6.45, 7) is 6.23. The molecule has 1 N–H and O–H groups in total. The van der Waals surface area contributed by atoms with Crippen molar-refractivity contribution in [3.63, 3.8) is 0 Å². The number of nitrogens with zero attached hydrogens (tertiary/aromatic N) is 4. The normalized spacial score (nSPS) is 18.7. The van der Waals surface area contributed by atoms with Crippen LogP contribution >= 0.6 is 0 Å². The minimum absolute atomic E-state index is 0.0457. The molecule has 0 saturated heterocycles. The summed E-state index contributed by atoms with van der Waals surface area (Å²) in [4.78, 5) is 27.4. The van der Waals surface area contributed by atoms with Crippen LogP contribution in [0.15, 0.2) is 24.4 Å². The molecule has 136 valence electrons. The van der Waals surface area contributed by atoms with E-state index in [1.807, 2.05) is 25.7 Å². The summed E-state index contributed by atoms with van der Waals surface area (Å²) in [5, 5.41) is 9.46. The van der Waals surface area contributed by atoms with Gasteiger partial charge in [-0.2, -0.15) is 0 Å². The first-order valence-electron chi connectivity index (χ1n) is 8.81. The molecule has 1 amide bonds. The van der Waals surface area contributed by atoms with Gasteiger partial charge in [0.15, 0.2) is 5.82 Å². The van der Waals surface area contributed by atoms with Crippen molar-refractivity contribution in [2.45, 2.75) is 51.2 Å². The number of rotatable bonds is 1. The first-order valence-corrected chi connectivity index (χ1v) is 8.81. The molecule has 1 fully saturated rings. The molecule has 2 aromatic rings. The Labute approximate surface area is 151 Å². The van der Waals surface area contributed by atoms with Gasteiger partial charge in [-0.15, -0.1) is 0 Å². The quantitative estimate of drug-likeness (QED) is 0.845. The Balaban J connectivity index is 1.62. The SMILES string of the molecule is CC(C)(C)OC(=O)N1CCC(c2ncc3nc(O)ccc3n2)=CC12CC2. The Bertz CT molecular complexity index is 913. The number of ether oxygens (including phenoxy) is 1. The fourth-order valence-electron chi connectivity index (χ4n) is 3.30. The number of pyridine rings is 1. The average molecular weight is 354 g/mol. The lowest BCUT2D eigenvalue weighted by Crippen LogP contribution is -2.46. The topological polar surface area (TPSA) is 88.4 Å². The number of amides is 1. The zero-order valence-electron chi connectivity index (χ0n) is 15.2. The van der Waals surface area contributed by atoms with Crippen LogP contribution in [-0.4, -0.2) is 48.7 Å². The lowest BCUT2D eigenvalue weighted by Gasteiger charge is -2.35. The maximum Gasteiger partial charge on any atom is 0.411 e. The summed E-state index contributed by atoms with van der Waals surface area (Å²) in [7, 11) is 0. The predicted octanol–water partition coefficient (Wildman–Crippen LogP) is 3.29. The number of hydrogen-bond donors (Lipinski definition) is 1. The fraction of sp³-hybridized carbons (Fsp3) is 0.474. The number of hydrogen-bond acceptors (Lipinski definition) is 6. The molecule has 0 radical (unpaired) electrons. The second kappa shape index (κ2) is 5.65. The molecule has 7 heteroatoms. The van der Waals surface area contributed by atoms with Gasteiger partial charge in [0.25, 0.3) is 0 Å². The summed E-state index contributed by atoms with van der Waals surface area (Å²) in [5.41, 5.74) is 1.52. The molecule has 1 aliphatic carbocycles. The van der Waals surface area contributed by atoms with Gasteiger partial charge in [0.1, 0.15) is 11.1 Å². The molecule has 26 heavy (non-hydrogen) atoms. The number of aromatic hydroxyl groups is 1. The maximum atomic E-state index is 12.5. The summed E-state index contributed by atoms with van der Waals surface area (Å²) < 4.78 is 5.56. The Morgan fingerprint density at radius 1 is 1.23 bits per heavy atom. The Hall–Kier alpha value is -2.70. The summed E-state index contributed by atoms with van der Waals surface area (Å²) >= 11 is 0. The van der Waals surface area contributed by atoms with Gasteiger partial charge < -0.3 is 9.84 Å². The zero-order chi connectivity index (χ0) is 18.5. The van der Waals surface area contributed by atoms with Gasteiger partial charge in [-0.1, -0.05) is 6.08 Å². The molecule has 0 bridgehead atoms. The molecule has 1 saturated carbocycles. The van der Waals surface area contributed by atoms with Crippen molar-refractivity contribution in [2.75, 3.05) is 6.54 Å². The van der Waals surface area contributed by atoms with Crippen LogP contribution in [-0.2, 0) is 4.74 Å². The zero-order valence-corrected chi connectivity index (χ0v) is 15.2. The van der Waals surface area contributed by atoms with Gasteiger partial charge in [-0.3, -0.25) is 4.90 Å². The van der Waals surface area contributed by atoms with E-state index in [0.29, 0.717) is 29.8 Å². The van der Waals surface area contributed by atoms with Gasteiger partial charge in [0, 0.05) is 12.6 Å². The average Bonchev–Trinajstić information content (AvgIpc) is 3.32. The summed E-state index contributed by atoms with van der Waals surface area (Å²) in [6.07, 6.45) is 6.02. The Morgan fingerprint density at radius 2 is 2.00 bits per heavy atom. The van der Waals surface area contributed by atoms with Crippen LogP contribution in [0.25, 0.3) is 16.6 Å². The van der Waals surface area contributed by atoms with Gasteiger partial charge >= 0.3 is 6.09 Å². The fourth-order valence-corrected chi connectivity index (χ4v) is 3.30. The van der Waals surface area contributed by atoms with Crippen molar-refractivity contribution >= 4 is 22.7 Å². The van der Waals surface area contributed by atoms with Crippen LogP contribution in [0.4, 0.5) is 4.79 Å². The molecule has 0 atom stereocenters. The Morgan fingerprint density at radius 3 is 2.69 bits per heavy atom. The minimum atomic E-state index is -0.503. The van der Waals surface area contributed by atoms with Gasteiger partial charge in [-0.25, -0.2) is 19.7 Å². The van der Waals surface area contributed by atoms with Gasteiger partial charge in [0.2, 0.25) is 5.88 Å². The Kier molecular flexibility index (Phi) is 3.64. The summed E-state index contributed by atoms with van der Waals surface area (Å²) in [5.74, 6) is 0.607. The van der Waals surface area contributed by atoms with E-state index >= 15 is 0 Å².